The maximum absolute atomic E-state index is 11.8. The van der Waals surface area contributed by atoms with E-state index in [4.69, 9.17) is 9.84 Å². The highest BCUT2D eigenvalue weighted by molar-refractivity contribution is 5.95. The summed E-state index contributed by atoms with van der Waals surface area (Å²) in [4.78, 5) is 24.1. The summed E-state index contributed by atoms with van der Waals surface area (Å²) in [6.07, 6.45) is -0.129. The standard InChI is InChI=1S/C14H17NO5/c1-14(19,8-13(17)18)9-3-4-11-10(7-9)15(2)12(16)5-6-20-11/h3-4,7,19H,5-6,8H2,1-2H3,(H,17,18). The van der Waals surface area contributed by atoms with Crippen LogP contribution in [0.3, 0.4) is 0 Å². The number of anilines is 1. The molecule has 0 radical (unpaired) electrons. The summed E-state index contributed by atoms with van der Waals surface area (Å²) in [5, 5.41) is 19.1. The maximum Gasteiger partial charge on any atom is 0.306 e. The van der Waals surface area contributed by atoms with Crippen molar-refractivity contribution in [2.75, 3.05) is 18.6 Å². The van der Waals surface area contributed by atoms with Gasteiger partial charge in [0.2, 0.25) is 5.91 Å². The quantitative estimate of drug-likeness (QED) is 0.865. The number of rotatable bonds is 3. The molecule has 0 spiro atoms. The fourth-order valence-electron chi connectivity index (χ4n) is 2.18. The molecule has 0 fully saturated rings. The van der Waals surface area contributed by atoms with E-state index in [1.54, 1.807) is 25.2 Å². The van der Waals surface area contributed by atoms with Crippen LogP contribution in [-0.4, -0.2) is 35.7 Å². The number of carbonyl (C=O) groups excluding carboxylic acids is 1. The highest BCUT2D eigenvalue weighted by atomic mass is 16.5. The van der Waals surface area contributed by atoms with Crippen molar-refractivity contribution >= 4 is 17.6 Å². The summed E-state index contributed by atoms with van der Waals surface area (Å²) in [6, 6.07) is 4.86. The van der Waals surface area contributed by atoms with E-state index in [1.807, 2.05) is 0 Å². The predicted molar refractivity (Wildman–Crippen MR) is 71.8 cm³/mol. The van der Waals surface area contributed by atoms with Gasteiger partial charge in [-0.2, -0.15) is 0 Å². The van der Waals surface area contributed by atoms with Gasteiger partial charge in [-0.3, -0.25) is 9.59 Å². The number of carboxylic acid groups (broad SMARTS) is 1. The SMILES string of the molecule is CN1C(=O)CCOc2ccc(C(C)(O)CC(=O)O)cc21. The lowest BCUT2D eigenvalue weighted by molar-refractivity contribution is -0.142. The van der Waals surface area contributed by atoms with Crippen molar-refractivity contribution in [3.63, 3.8) is 0 Å². The van der Waals surface area contributed by atoms with Gasteiger partial charge in [0, 0.05) is 7.05 Å². The number of hydrogen-bond acceptors (Lipinski definition) is 4. The number of aliphatic carboxylic acids is 1. The van der Waals surface area contributed by atoms with Gasteiger partial charge in [-0.05, 0) is 24.6 Å². The summed E-state index contributed by atoms with van der Waals surface area (Å²) >= 11 is 0. The lowest BCUT2D eigenvalue weighted by Gasteiger charge is -2.24. The highest BCUT2D eigenvalue weighted by Crippen LogP contribution is 2.35. The van der Waals surface area contributed by atoms with Crippen LogP contribution in [0.4, 0.5) is 5.69 Å². The predicted octanol–water partition coefficient (Wildman–Crippen LogP) is 1.11. The van der Waals surface area contributed by atoms with E-state index in [2.05, 4.69) is 0 Å². The molecule has 2 N–H and O–H groups in total. The number of amides is 1. The molecule has 6 nitrogen and oxygen atoms in total. The first-order chi connectivity index (χ1) is 9.31. The molecule has 6 heteroatoms. The van der Waals surface area contributed by atoms with Crippen LogP contribution in [0.2, 0.25) is 0 Å². The smallest absolute Gasteiger partial charge is 0.306 e. The maximum atomic E-state index is 11.8. The zero-order valence-electron chi connectivity index (χ0n) is 11.4. The number of carbonyl (C=O) groups is 2. The first-order valence-electron chi connectivity index (χ1n) is 6.29. The second-order valence-corrected chi connectivity index (χ2v) is 5.08. The third kappa shape index (κ3) is 2.75. The van der Waals surface area contributed by atoms with Gasteiger partial charge in [0.1, 0.15) is 5.75 Å². The molecule has 108 valence electrons. The first kappa shape index (κ1) is 14.3. The Hall–Kier alpha value is -2.08. The number of aliphatic hydroxyl groups is 1. The molecule has 0 aliphatic carbocycles. The van der Waals surface area contributed by atoms with Crippen LogP contribution in [0.15, 0.2) is 18.2 Å². The van der Waals surface area contributed by atoms with Gasteiger partial charge in [-0.15, -0.1) is 0 Å². The van der Waals surface area contributed by atoms with Crippen molar-refractivity contribution in [3.8, 4) is 5.75 Å². The lowest BCUT2D eigenvalue weighted by atomic mass is 9.92. The Morgan fingerprint density at radius 3 is 2.85 bits per heavy atom. The van der Waals surface area contributed by atoms with Gasteiger partial charge in [-0.25, -0.2) is 0 Å². The van der Waals surface area contributed by atoms with Crippen LogP contribution in [-0.2, 0) is 15.2 Å². The zero-order chi connectivity index (χ0) is 14.9. The van der Waals surface area contributed by atoms with E-state index >= 15 is 0 Å². The minimum absolute atomic E-state index is 0.0845. The Morgan fingerprint density at radius 2 is 2.20 bits per heavy atom. The van der Waals surface area contributed by atoms with Crippen LogP contribution in [0.1, 0.15) is 25.3 Å². The Morgan fingerprint density at radius 1 is 1.50 bits per heavy atom. The normalized spacial score (nSPS) is 17.8. The van der Waals surface area contributed by atoms with Gasteiger partial charge >= 0.3 is 5.97 Å². The van der Waals surface area contributed by atoms with Crippen molar-refractivity contribution in [2.24, 2.45) is 0 Å². The molecule has 1 atom stereocenters. The Labute approximate surface area is 116 Å². The fraction of sp³-hybridized carbons (Fsp3) is 0.429. The molecule has 1 amide bonds. The van der Waals surface area contributed by atoms with Crippen LogP contribution < -0.4 is 9.64 Å². The number of ether oxygens (including phenoxy) is 1. The summed E-state index contributed by atoms with van der Waals surface area (Å²) in [7, 11) is 1.63. The molecule has 0 bridgehead atoms. The fourth-order valence-corrected chi connectivity index (χ4v) is 2.18. The molecule has 1 aromatic rings. The van der Waals surface area contributed by atoms with Gasteiger partial charge in [0.05, 0.1) is 30.7 Å². The largest absolute Gasteiger partial charge is 0.491 e. The van der Waals surface area contributed by atoms with Crippen LogP contribution >= 0.6 is 0 Å². The summed E-state index contributed by atoms with van der Waals surface area (Å²) in [5.41, 5.74) is -0.531. The molecule has 1 aliphatic rings. The van der Waals surface area contributed by atoms with Crippen molar-refractivity contribution in [3.05, 3.63) is 23.8 Å². The third-order valence-electron chi connectivity index (χ3n) is 3.39. The second-order valence-electron chi connectivity index (χ2n) is 5.08. The highest BCUT2D eigenvalue weighted by Gasteiger charge is 2.29. The van der Waals surface area contributed by atoms with E-state index in [0.717, 1.165) is 0 Å². The van der Waals surface area contributed by atoms with Gasteiger partial charge in [0.15, 0.2) is 0 Å². The van der Waals surface area contributed by atoms with E-state index in [-0.39, 0.29) is 12.3 Å². The lowest BCUT2D eigenvalue weighted by Crippen LogP contribution is -2.27. The Balaban J connectivity index is 2.42. The topological polar surface area (TPSA) is 87.1 Å². The number of carboxylic acids is 1. The summed E-state index contributed by atoms with van der Waals surface area (Å²) in [5.74, 6) is -0.627. The zero-order valence-corrected chi connectivity index (χ0v) is 11.4. The van der Waals surface area contributed by atoms with Crippen molar-refractivity contribution < 1.29 is 24.5 Å². The summed E-state index contributed by atoms with van der Waals surface area (Å²) in [6.45, 7) is 1.74. The third-order valence-corrected chi connectivity index (χ3v) is 3.39. The molecule has 1 aliphatic heterocycles. The monoisotopic (exact) mass is 279 g/mol. The summed E-state index contributed by atoms with van der Waals surface area (Å²) < 4.78 is 5.48. The van der Waals surface area contributed by atoms with Crippen LogP contribution in [0.25, 0.3) is 0 Å². The van der Waals surface area contributed by atoms with Gasteiger partial charge in [0.25, 0.3) is 0 Å². The number of benzene rings is 1. The second kappa shape index (κ2) is 5.13. The number of fused-ring (bicyclic) bond motifs is 1. The van der Waals surface area contributed by atoms with Crippen LogP contribution in [0.5, 0.6) is 5.75 Å². The van der Waals surface area contributed by atoms with Gasteiger partial charge < -0.3 is 19.8 Å². The minimum atomic E-state index is -1.50. The molecular formula is C14H17NO5. The minimum Gasteiger partial charge on any atom is -0.491 e. The average Bonchev–Trinajstić information content (AvgIpc) is 2.48. The van der Waals surface area contributed by atoms with E-state index < -0.39 is 18.0 Å². The molecule has 1 unspecified atom stereocenters. The van der Waals surface area contributed by atoms with Crippen molar-refractivity contribution in [2.45, 2.75) is 25.4 Å². The van der Waals surface area contributed by atoms with E-state index in [0.29, 0.717) is 23.6 Å². The molecular weight excluding hydrogens is 262 g/mol. The number of nitrogens with zero attached hydrogens (tertiary/aromatic N) is 1. The molecule has 0 saturated heterocycles. The number of hydrogen-bond donors (Lipinski definition) is 2. The van der Waals surface area contributed by atoms with Crippen molar-refractivity contribution in [1.82, 2.24) is 0 Å². The van der Waals surface area contributed by atoms with E-state index in [9.17, 15) is 14.7 Å². The van der Waals surface area contributed by atoms with Crippen LogP contribution in [0, 0.1) is 0 Å². The Kier molecular flexibility index (Phi) is 3.67. The molecule has 0 saturated carbocycles. The van der Waals surface area contributed by atoms with Gasteiger partial charge in [-0.1, -0.05) is 6.07 Å². The molecule has 1 heterocycles. The van der Waals surface area contributed by atoms with E-state index in [1.165, 1.54) is 11.8 Å². The molecule has 20 heavy (non-hydrogen) atoms. The average molecular weight is 279 g/mol. The molecule has 0 aromatic heterocycles. The molecule has 2 rings (SSSR count). The Bertz CT molecular complexity index is 552. The molecule has 1 aromatic carbocycles. The first-order valence-corrected chi connectivity index (χ1v) is 6.29. The van der Waals surface area contributed by atoms with Crippen molar-refractivity contribution in [1.29, 1.82) is 0 Å².